The highest BCUT2D eigenvalue weighted by atomic mass is 32.1. The average molecular weight is 412 g/mol. The number of aromatic nitrogens is 5. The lowest BCUT2D eigenvalue weighted by molar-refractivity contribution is 0.102. The smallest absolute Gasteiger partial charge is 0.275 e. The van der Waals surface area contributed by atoms with Gasteiger partial charge in [-0.25, -0.2) is 4.98 Å². The quantitative estimate of drug-likeness (QED) is 0.471. The lowest BCUT2D eigenvalue weighted by atomic mass is 10.1. The van der Waals surface area contributed by atoms with Crippen molar-refractivity contribution in [2.24, 2.45) is 0 Å². The van der Waals surface area contributed by atoms with Gasteiger partial charge in [-0.05, 0) is 31.2 Å². The molecule has 5 rings (SSSR count). The molecule has 7 nitrogen and oxygen atoms in total. The molecule has 5 aromatic rings. The van der Waals surface area contributed by atoms with E-state index in [2.05, 4.69) is 25.6 Å². The topological polar surface area (TPSA) is 85.1 Å². The number of rotatable bonds is 4. The molecule has 0 saturated heterocycles. The van der Waals surface area contributed by atoms with Gasteiger partial charge in [0.2, 0.25) is 0 Å². The summed E-state index contributed by atoms with van der Waals surface area (Å²) in [5.41, 5.74) is 4.54. The molecule has 2 aromatic carbocycles. The largest absolute Gasteiger partial charge is 0.321 e. The maximum absolute atomic E-state index is 12.6. The zero-order chi connectivity index (χ0) is 20.5. The van der Waals surface area contributed by atoms with Gasteiger partial charge in [0, 0.05) is 22.2 Å². The highest BCUT2D eigenvalue weighted by Crippen LogP contribution is 2.24. The fourth-order valence-electron chi connectivity index (χ4n) is 3.06. The van der Waals surface area contributed by atoms with E-state index in [1.54, 1.807) is 9.90 Å². The zero-order valence-corrected chi connectivity index (χ0v) is 16.8. The molecule has 0 bridgehead atoms. The van der Waals surface area contributed by atoms with Gasteiger partial charge in [0.15, 0.2) is 11.5 Å². The molecule has 1 amide bonds. The number of hydrogen-bond donors (Lipinski definition) is 1. The molecule has 146 valence electrons. The van der Waals surface area contributed by atoms with Crippen LogP contribution in [0.25, 0.3) is 27.5 Å². The van der Waals surface area contributed by atoms with Gasteiger partial charge in [-0.15, -0.1) is 21.5 Å². The summed E-state index contributed by atoms with van der Waals surface area (Å²) in [6.45, 7) is 1.86. The molecule has 0 aliphatic carbocycles. The van der Waals surface area contributed by atoms with Gasteiger partial charge in [0.1, 0.15) is 10.7 Å². The van der Waals surface area contributed by atoms with E-state index in [9.17, 15) is 4.79 Å². The summed E-state index contributed by atoms with van der Waals surface area (Å²) in [4.78, 5) is 17.0. The number of thiazole rings is 1. The minimum atomic E-state index is -0.235. The number of carbonyl (C=O) groups is 1. The van der Waals surface area contributed by atoms with Crippen molar-refractivity contribution < 1.29 is 4.79 Å². The van der Waals surface area contributed by atoms with Gasteiger partial charge in [-0.3, -0.25) is 4.79 Å². The number of hydrogen-bond acceptors (Lipinski definition) is 6. The maximum Gasteiger partial charge on any atom is 0.275 e. The van der Waals surface area contributed by atoms with E-state index in [1.807, 2.05) is 73.7 Å². The van der Waals surface area contributed by atoms with Crippen molar-refractivity contribution in [1.29, 1.82) is 0 Å². The molecule has 0 aliphatic heterocycles. The first-order chi connectivity index (χ1) is 14.7. The lowest BCUT2D eigenvalue weighted by Crippen LogP contribution is -2.12. The standard InChI is InChI=1S/C22H16N6OS/c1-14-25-26-20-12-11-18(27-28(14)20)15-7-9-17(10-8-15)23-21(29)19-13-30-22(24-19)16-5-3-2-4-6-16/h2-13H,1H3,(H,23,29). The number of carbonyl (C=O) groups excluding carboxylic acids is 1. The van der Waals surface area contributed by atoms with Crippen LogP contribution in [0.5, 0.6) is 0 Å². The summed E-state index contributed by atoms with van der Waals surface area (Å²) in [6, 6.07) is 21.1. The predicted molar refractivity (Wildman–Crippen MR) is 116 cm³/mol. The second-order valence-electron chi connectivity index (χ2n) is 6.67. The number of nitrogens with zero attached hydrogens (tertiary/aromatic N) is 5. The summed E-state index contributed by atoms with van der Waals surface area (Å²) >= 11 is 1.45. The summed E-state index contributed by atoms with van der Waals surface area (Å²) in [7, 11) is 0. The van der Waals surface area contributed by atoms with Crippen LogP contribution in [0.4, 0.5) is 5.69 Å². The molecule has 0 unspecified atom stereocenters. The molecule has 30 heavy (non-hydrogen) atoms. The van der Waals surface area contributed by atoms with Crippen LogP contribution in [0.3, 0.4) is 0 Å². The lowest BCUT2D eigenvalue weighted by Gasteiger charge is -2.06. The second-order valence-corrected chi connectivity index (χ2v) is 7.53. The third-order valence-corrected chi connectivity index (χ3v) is 5.51. The number of amides is 1. The van der Waals surface area contributed by atoms with Gasteiger partial charge in [0.05, 0.1) is 5.69 Å². The summed E-state index contributed by atoms with van der Waals surface area (Å²) in [5.74, 6) is 0.495. The first kappa shape index (κ1) is 18.1. The number of anilines is 1. The van der Waals surface area contributed by atoms with Gasteiger partial charge >= 0.3 is 0 Å². The highest BCUT2D eigenvalue weighted by molar-refractivity contribution is 7.13. The third-order valence-electron chi connectivity index (χ3n) is 4.61. The first-order valence-electron chi connectivity index (χ1n) is 9.29. The molecule has 0 saturated carbocycles. The Labute approximate surface area is 176 Å². The molecule has 0 atom stereocenters. The SMILES string of the molecule is Cc1nnc2ccc(-c3ccc(NC(=O)c4csc(-c5ccccc5)n4)cc3)nn12. The Hall–Kier alpha value is -3.91. The maximum atomic E-state index is 12.6. The molecule has 1 N–H and O–H groups in total. The Morgan fingerprint density at radius 2 is 1.73 bits per heavy atom. The van der Waals surface area contributed by atoms with Crippen molar-refractivity contribution in [3.05, 3.63) is 83.6 Å². The summed E-state index contributed by atoms with van der Waals surface area (Å²) in [5, 5.41) is 18.1. The monoisotopic (exact) mass is 412 g/mol. The van der Waals surface area contributed by atoms with Gasteiger partial charge in [0.25, 0.3) is 5.91 Å². The van der Waals surface area contributed by atoms with Crippen LogP contribution in [0.15, 0.2) is 72.1 Å². The molecule has 0 spiro atoms. The molecular formula is C22H16N6OS. The van der Waals surface area contributed by atoms with Crippen molar-refractivity contribution in [1.82, 2.24) is 24.8 Å². The Balaban J connectivity index is 1.32. The molecule has 0 aliphatic rings. The van der Waals surface area contributed by atoms with E-state index < -0.39 is 0 Å². The van der Waals surface area contributed by atoms with Crippen LogP contribution in [-0.4, -0.2) is 30.7 Å². The number of aryl methyl sites for hydroxylation is 1. The van der Waals surface area contributed by atoms with E-state index in [1.165, 1.54) is 11.3 Å². The van der Waals surface area contributed by atoms with Crippen molar-refractivity contribution in [2.75, 3.05) is 5.32 Å². The van der Waals surface area contributed by atoms with E-state index in [0.29, 0.717) is 17.0 Å². The number of nitrogens with one attached hydrogen (secondary N) is 1. The van der Waals surface area contributed by atoms with Crippen LogP contribution in [0.2, 0.25) is 0 Å². The van der Waals surface area contributed by atoms with Crippen LogP contribution >= 0.6 is 11.3 Å². The highest BCUT2D eigenvalue weighted by Gasteiger charge is 2.12. The summed E-state index contributed by atoms with van der Waals surface area (Å²) in [6.07, 6.45) is 0. The van der Waals surface area contributed by atoms with E-state index >= 15 is 0 Å². The van der Waals surface area contributed by atoms with Crippen molar-refractivity contribution >= 4 is 28.6 Å². The number of fused-ring (bicyclic) bond motifs is 1. The van der Waals surface area contributed by atoms with Crippen molar-refractivity contribution in [2.45, 2.75) is 6.92 Å². The minimum absolute atomic E-state index is 0.235. The van der Waals surface area contributed by atoms with E-state index in [4.69, 9.17) is 0 Å². The molecule has 8 heteroatoms. The van der Waals surface area contributed by atoms with Crippen molar-refractivity contribution in [3.8, 4) is 21.8 Å². The Morgan fingerprint density at radius 1 is 0.933 bits per heavy atom. The predicted octanol–water partition coefficient (Wildman–Crippen LogP) is 4.48. The average Bonchev–Trinajstić information content (AvgIpc) is 3.42. The Morgan fingerprint density at radius 3 is 2.53 bits per heavy atom. The van der Waals surface area contributed by atoms with E-state index in [0.717, 1.165) is 27.7 Å². The fourth-order valence-corrected chi connectivity index (χ4v) is 3.87. The van der Waals surface area contributed by atoms with E-state index in [-0.39, 0.29) is 5.91 Å². The normalized spacial score (nSPS) is 11.0. The molecule has 0 fully saturated rings. The van der Waals surface area contributed by atoms with Crippen LogP contribution < -0.4 is 5.32 Å². The van der Waals surface area contributed by atoms with Crippen molar-refractivity contribution in [3.63, 3.8) is 0 Å². The van der Waals surface area contributed by atoms with Gasteiger partial charge < -0.3 is 5.32 Å². The molecule has 3 heterocycles. The minimum Gasteiger partial charge on any atom is -0.321 e. The number of benzene rings is 2. The zero-order valence-electron chi connectivity index (χ0n) is 16.0. The van der Waals surface area contributed by atoms with Crippen LogP contribution in [0, 0.1) is 6.92 Å². The fraction of sp³-hybridized carbons (Fsp3) is 0.0455. The summed E-state index contributed by atoms with van der Waals surface area (Å²) < 4.78 is 1.71. The van der Waals surface area contributed by atoms with Crippen LogP contribution in [0.1, 0.15) is 16.3 Å². The van der Waals surface area contributed by atoms with Gasteiger partial charge in [-0.2, -0.15) is 9.61 Å². The Bertz CT molecular complexity index is 1340. The Kier molecular flexibility index (Phi) is 4.53. The second kappa shape index (κ2) is 7.49. The van der Waals surface area contributed by atoms with Crippen LogP contribution in [-0.2, 0) is 0 Å². The third kappa shape index (κ3) is 3.44. The first-order valence-corrected chi connectivity index (χ1v) is 10.2. The van der Waals surface area contributed by atoms with Gasteiger partial charge in [-0.1, -0.05) is 42.5 Å². The molecular weight excluding hydrogens is 396 g/mol. The molecule has 3 aromatic heterocycles. The molecule has 0 radical (unpaired) electrons.